The van der Waals surface area contributed by atoms with Crippen LogP contribution in [0.2, 0.25) is 5.02 Å². The van der Waals surface area contributed by atoms with Crippen LogP contribution in [-0.4, -0.2) is 28.1 Å². The van der Waals surface area contributed by atoms with Gasteiger partial charge in [0.15, 0.2) is 0 Å². The highest BCUT2D eigenvalue weighted by molar-refractivity contribution is 7.99. The van der Waals surface area contributed by atoms with E-state index in [1.54, 1.807) is 23.9 Å². The van der Waals surface area contributed by atoms with Crippen LogP contribution in [0.25, 0.3) is 0 Å². The summed E-state index contributed by atoms with van der Waals surface area (Å²) in [4.78, 5) is 11.9. The molecule has 0 spiro atoms. The van der Waals surface area contributed by atoms with Crippen LogP contribution >= 0.6 is 35.1 Å². The van der Waals surface area contributed by atoms with Gasteiger partial charge in [-0.2, -0.15) is 17.0 Å². The molecule has 1 amide bonds. The normalized spacial score (nSPS) is 10.2. The number of nitrogens with zero attached hydrogens (tertiary/aromatic N) is 3. The van der Waals surface area contributed by atoms with E-state index in [1.807, 2.05) is 12.3 Å². The molecule has 0 aliphatic rings. The summed E-state index contributed by atoms with van der Waals surface area (Å²) in [6.07, 6.45) is 1.93. The minimum absolute atomic E-state index is 0.0955. The largest absolute Gasteiger partial charge is 0.415 e. The molecule has 0 saturated heterocycles. The summed E-state index contributed by atoms with van der Waals surface area (Å²) in [5.74, 6) is 0.969. The van der Waals surface area contributed by atoms with Crippen LogP contribution in [0.3, 0.4) is 0 Å². The van der Waals surface area contributed by atoms with Gasteiger partial charge in [0.1, 0.15) is 6.07 Å². The van der Waals surface area contributed by atoms with Crippen molar-refractivity contribution >= 4 is 46.7 Å². The molecule has 2 aromatic rings. The highest BCUT2D eigenvalue weighted by atomic mass is 35.5. The Morgan fingerprint density at radius 2 is 2.32 bits per heavy atom. The van der Waals surface area contributed by atoms with Crippen LogP contribution in [0.15, 0.2) is 27.8 Å². The number of rotatable bonds is 6. The molecule has 1 aromatic heterocycles. The molecular formula is C13H11ClN4O2S2. The fraction of sp³-hybridized carbons (Fsp3) is 0.231. The Balaban J connectivity index is 1.93. The van der Waals surface area contributed by atoms with E-state index in [9.17, 15) is 4.79 Å². The van der Waals surface area contributed by atoms with Crippen molar-refractivity contribution in [2.24, 2.45) is 0 Å². The predicted molar refractivity (Wildman–Crippen MR) is 87.0 cm³/mol. The van der Waals surface area contributed by atoms with Gasteiger partial charge in [-0.15, -0.1) is 10.2 Å². The lowest BCUT2D eigenvalue weighted by Crippen LogP contribution is -2.15. The maximum atomic E-state index is 11.9. The second-order valence-electron chi connectivity index (χ2n) is 4.03. The number of carbonyl (C=O) groups excluding carboxylic acids is 1. The molecule has 0 aliphatic heterocycles. The van der Waals surface area contributed by atoms with Crippen LogP contribution in [0, 0.1) is 11.3 Å². The topological polar surface area (TPSA) is 91.8 Å². The fourth-order valence-corrected chi connectivity index (χ4v) is 2.63. The van der Waals surface area contributed by atoms with Crippen LogP contribution in [0.1, 0.15) is 11.5 Å². The maximum Gasteiger partial charge on any atom is 0.277 e. The SMILES string of the molecule is CSCc1nnc(SCC(=O)Nc2cc(Cl)ccc2C#N)o1. The Kier molecular flexibility index (Phi) is 6.12. The van der Waals surface area contributed by atoms with Crippen LogP contribution < -0.4 is 5.32 Å². The number of hydrogen-bond donors (Lipinski definition) is 1. The maximum absolute atomic E-state index is 11.9. The van der Waals surface area contributed by atoms with Gasteiger partial charge in [-0.3, -0.25) is 4.79 Å². The molecule has 114 valence electrons. The molecule has 0 aliphatic carbocycles. The summed E-state index contributed by atoms with van der Waals surface area (Å²) >= 11 is 8.57. The number of carbonyl (C=O) groups is 1. The molecule has 1 aromatic carbocycles. The van der Waals surface area contributed by atoms with E-state index in [1.165, 1.54) is 6.07 Å². The molecule has 0 saturated carbocycles. The summed E-state index contributed by atoms with van der Waals surface area (Å²) in [6.45, 7) is 0. The molecule has 1 N–H and O–H groups in total. The van der Waals surface area contributed by atoms with Crippen molar-refractivity contribution in [3.05, 3.63) is 34.7 Å². The molecule has 0 radical (unpaired) electrons. The van der Waals surface area contributed by atoms with E-state index in [2.05, 4.69) is 15.5 Å². The monoisotopic (exact) mass is 354 g/mol. The number of nitriles is 1. The molecule has 0 unspecified atom stereocenters. The number of nitrogens with one attached hydrogen (secondary N) is 1. The molecule has 2 rings (SSSR count). The number of anilines is 1. The van der Waals surface area contributed by atoms with Gasteiger partial charge in [0.05, 0.1) is 22.8 Å². The summed E-state index contributed by atoms with van der Waals surface area (Å²) < 4.78 is 5.36. The van der Waals surface area contributed by atoms with Gasteiger partial charge in [0.2, 0.25) is 11.8 Å². The smallest absolute Gasteiger partial charge is 0.277 e. The molecular weight excluding hydrogens is 344 g/mol. The first kappa shape index (κ1) is 16.7. The van der Waals surface area contributed by atoms with Crippen molar-refractivity contribution in [3.63, 3.8) is 0 Å². The van der Waals surface area contributed by atoms with Crippen LogP contribution in [-0.2, 0) is 10.5 Å². The first-order valence-corrected chi connectivity index (χ1v) is 8.81. The predicted octanol–water partition coefficient (Wildman–Crippen LogP) is 3.19. The zero-order chi connectivity index (χ0) is 15.9. The van der Waals surface area contributed by atoms with Crippen molar-refractivity contribution in [1.29, 1.82) is 5.26 Å². The Bertz CT molecular complexity index is 714. The van der Waals surface area contributed by atoms with Crippen molar-refractivity contribution in [2.45, 2.75) is 11.0 Å². The van der Waals surface area contributed by atoms with E-state index >= 15 is 0 Å². The van der Waals surface area contributed by atoms with E-state index in [-0.39, 0.29) is 11.7 Å². The summed E-state index contributed by atoms with van der Waals surface area (Å²) in [5.41, 5.74) is 0.733. The average Bonchev–Trinajstić information content (AvgIpc) is 2.94. The molecule has 0 fully saturated rings. The van der Waals surface area contributed by atoms with Crippen molar-refractivity contribution in [2.75, 3.05) is 17.3 Å². The lowest BCUT2D eigenvalue weighted by atomic mass is 10.2. The number of benzene rings is 1. The first-order valence-electron chi connectivity index (χ1n) is 6.06. The first-order chi connectivity index (χ1) is 10.6. The Hall–Kier alpha value is -1.69. The highest BCUT2D eigenvalue weighted by Gasteiger charge is 2.11. The van der Waals surface area contributed by atoms with Crippen LogP contribution in [0.5, 0.6) is 0 Å². The lowest BCUT2D eigenvalue weighted by molar-refractivity contribution is -0.113. The average molecular weight is 355 g/mol. The second kappa shape index (κ2) is 8.08. The highest BCUT2D eigenvalue weighted by Crippen LogP contribution is 2.22. The number of thioether (sulfide) groups is 2. The molecule has 9 heteroatoms. The van der Waals surface area contributed by atoms with Gasteiger partial charge < -0.3 is 9.73 Å². The minimum atomic E-state index is -0.284. The Morgan fingerprint density at radius 1 is 1.50 bits per heavy atom. The van der Waals surface area contributed by atoms with Gasteiger partial charge in [0.25, 0.3) is 5.22 Å². The van der Waals surface area contributed by atoms with Crippen molar-refractivity contribution < 1.29 is 9.21 Å². The summed E-state index contributed by atoms with van der Waals surface area (Å²) in [5, 5.41) is 20.1. The third-order valence-corrected chi connectivity index (χ3v) is 4.01. The Labute approximate surface area is 140 Å². The third-order valence-electron chi connectivity index (χ3n) is 2.42. The van der Waals surface area contributed by atoms with E-state index in [0.29, 0.717) is 33.1 Å². The van der Waals surface area contributed by atoms with E-state index in [0.717, 1.165) is 11.8 Å². The van der Waals surface area contributed by atoms with E-state index < -0.39 is 0 Å². The standard InChI is InChI=1S/C13H11ClN4O2S2/c1-21-7-12-17-18-13(20-12)22-6-11(19)16-10-4-9(14)3-2-8(10)5-15/h2-4H,6-7H2,1H3,(H,16,19). The zero-order valence-corrected chi connectivity index (χ0v) is 13.9. The quantitative estimate of drug-likeness (QED) is 0.796. The van der Waals surface area contributed by atoms with Gasteiger partial charge in [-0.25, -0.2) is 0 Å². The number of amides is 1. The summed E-state index contributed by atoms with van der Waals surface area (Å²) in [6, 6.07) is 6.68. The van der Waals surface area contributed by atoms with Gasteiger partial charge >= 0.3 is 0 Å². The fourth-order valence-electron chi connectivity index (χ4n) is 1.51. The molecule has 22 heavy (non-hydrogen) atoms. The van der Waals surface area contributed by atoms with Gasteiger partial charge in [-0.1, -0.05) is 23.4 Å². The minimum Gasteiger partial charge on any atom is -0.415 e. The second-order valence-corrected chi connectivity index (χ2v) is 6.26. The van der Waals surface area contributed by atoms with E-state index in [4.69, 9.17) is 21.3 Å². The van der Waals surface area contributed by atoms with Crippen molar-refractivity contribution in [3.8, 4) is 6.07 Å². The third kappa shape index (κ3) is 4.66. The van der Waals surface area contributed by atoms with Crippen LogP contribution in [0.4, 0.5) is 5.69 Å². The number of halogens is 1. The molecule has 0 bridgehead atoms. The van der Waals surface area contributed by atoms with Gasteiger partial charge in [-0.05, 0) is 24.5 Å². The molecule has 0 atom stereocenters. The van der Waals surface area contributed by atoms with Crippen molar-refractivity contribution in [1.82, 2.24) is 10.2 Å². The summed E-state index contributed by atoms with van der Waals surface area (Å²) in [7, 11) is 0. The van der Waals surface area contributed by atoms with Gasteiger partial charge in [0, 0.05) is 5.02 Å². The molecule has 1 heterocycles. The number of hydrogen-bond acceptors (Lipinski definition) is 7. The Morgan fingerprint density at radius 3 is 3.05 bits per heavy atom. The molecule has 6 nitrogen and oxygen atoms in total. The lowest BCUT2D eigenvalue weighted by Gasteiger charge is -2.06. The zero-order valence-electron chi connectivity index (χ0n) is 11.5. The number of aromatic nitrogens is 2.